The molecule has 2 aliphatic heterocycles. The number of nitrogens with one attached hydrogen (secondary N) is 2. The van der Waals surface area contributed by atoms with E-state index >= 15 is 0 Å². The number of pyridine rings is 1. The van der Waals surface area contributed by atoms with Crippen molar-refractivity contribution in [2.45, 2.75) is 26.7 Å². The minimum absolute atomic E-state index is 0.0595. The minimum Gasteiger partial charge on any atom is -0.477 e. The number of aromatic nitrogens is 1. The molecule has 8 nitrogen and oxygen atoms in total. The number of rotatable bonds is 8. The van der Waals surface area contributed by atoms with Crippen LogP contribution in [0, 0.1) is 11.3 Å². The Morgan fingerprint density at radius 3 is 2.32 bits per heavy atom. The zero-order valence-electron chi connectivity index (χ0n) is 22.0. The standard InChI is InChI=1S/C30H35N5O3/c1-20(2)28(31)27-25(21-8-10-23(11-9-21)35-14-16-38-17-15-35)19-26(30(36)37)33-29(27)32-22-6-5-7-24(18-22)34-12-3-4-13-34/h5-11,18-20,31H,3-4,12-17H2,1-2H3,(H,32,33)(H,36,37). The highest BCUT2D eigenvalue weighted by Crippen LogP contribution is 2.35. The molecule has 0 radical (unpaired) electrons. The van der Waals surface area contributed by atoms with Gasteiger partial charge in [-0.05, 0) is 66.3 Å². The van der Waals surface area contributed by atoms with Crippen molar-refractivity contribution in [2.24, 2.45) is 5.92 Å². The largest absolute Gasteiger partial charge is 0.477 e. The Hall–Kier alpha value is -3.91. The van der Waals surface area contributed by atoms with E-state index in [1.54, 1.807) is 6.07 Å². The van der Waals surface area contributed by atoms with Crippen molar-refractivity contribution in [2.75, 3.05) is 54.5 Å². The fourth-order valence-corrected chi connectivity index (χ4v) is 5.10. The number of carbonyl (C=O) groups is 1. The molecule has 2 saturated heterocycles. The Morgan fingerprint density at radius 1 is 0.974 bits per heavy atom. The predicted molar refractivity (Wildman–Crippen MR) is 153 cm³/mol. The lowest BCUT2D eigenvalue weighted by molar-refractivity contribution is 0.0690. The lowest BCUT2D eigenvalue weighted by Crippen LogP contribution is -2.36. The average molecular weight is 514 g/mol. The summed E-state index contributed by atoms with van der Waals surface area (Å²) in [6.45, 7) is 9.09. The van der Waals surface area contributed by atoms with Crippen LogP contribution < -0.4 is 15.1 Å². The topological polar surface area (TPSA) is 102 Å². The molecular weight excluding hydrogens is 478 g/mol. The maximum Gasteiger partial charge on any atom is 0.354 e. The molecule has 8 heteroatoms. The van der Waals surface area contributed by atoms with Crippen molar-refractivity contribution in [1.82, 2.24) is 4.98 Å². The highest BCUT2D eigenvalue weighted by atomic mass is 16.5. The maximum absolute atomic E-state index is 12.1. The van der Waals surface area contributed by atoms with Crippen LogP contribution in [0.5, 0.6) is 0 Å². The monoisotopic (exact) mass is 513 g/mol. The lowest BCUT2D eigenvalue weighted by Gasteiger charge is -2.29. The van der Waals surface area contributed by atoms with Crippen LogP contribution in [-0.2, 0) is 4.74 Å². The summed E-state index contributed by atoms with van der Waals surface area (Å²) in [6, 6.07) is 17.8. The van der Waals surface area contributed by atoms with E-state index in [0.717, 1.165) is 48.8 Å². The number of carboxylic acids is 1. The highest BCUT2D eigenvalue weighted by Gasteiger charge is 2.23. The Labute approximate surface area is 223 Å². The fraction of sp³-hybridized carbons (Fsp3) is 0.367. The van der Waals surface area contributed by atoms with Gasteiger partial charge in [0.1, 0.15) is 5.82 Å². The van der Waals surface area contributed by atoms with E-state index in [4.69, 9.17) is 10.1 Å². The van der Waals surface area contributed by atoms with Gasteiger partial charge in [-0.25, -0.2) is 9.78 Å². The Bertz CT molecular complexity index is 1310. The second-order valence-corrected chi connectivity index (χ2v) is 10.2. The lowest BCUT2D eigenvalue weighted by atomic mass is 9.91. The van der Waals surface area contributed by atoms with E-state index in [0.29, 0.717) is 35.9 Å². The summed E-state index contributed by atoms with van der Waals surface area (Å²) in [7, 11) is 0. The van der Waals surface area contributed by atoms with E-state index in [1.807, 2.05) is 38.1 Å². The van der Waals surface area contributed by atoms with Gasteiger partial charge in [-0.3, -0.25) is 0 Å². The summed E-state index contributed by atoms with van der Waals surface area (Å²) >= 11 is 0. The number of hydrogen-bond donors (Lipinski definition) is 3. The van der Waals surface area contributed by atoms with Gasteiger partial charge in [0.2, 0.25) is 0 Å². The molecule has 0 unspecified atom stereocenters. The van der Waals surface area contributed by atoms with Gasteiger partial charge in [-0.1, -0.05) is 32.0 Å². The molecule has 198 valence electrons. The third kappa shape index (κ3) is 5.50. The summed E-state index contributed by atoms with van der Waals surface area (Å²) in [5.74, 6) is -0.794. The van der Waals surface area contributed by atoms with Gasteiger partial charge in [0.25, 0.3) is 0 Å². The number of carboxylic acid groups (broad SMARTS) is 1. The third-order valence-electron chi connectivity index (χ3n) is 7.22. The fourth-order valence-electron chi connectivity index (χ4n) is 5.10. The van der Waals surface area contributed by atoms with Crippen molar-refractivity contribution in [3.05, 3.63) is 65.9 Å². The van der Waals surface area contributed by atoms with Crippen molar-refractivity contribution < 1.29 is 14.6 Å². The molecule has 0 aliphatic carbocycles. The molecule has 3 heterocycles. The molecule has 5 rings (SSSR count). The van der Waals surface area contributed by atoms with Gasteiger partial charge in [-0.15, -0.1) is 0 Å². The van der Waals surface area contributed by atoms with Gasteiger partial charge < -0.3 is 30.4 Å². The third-order valence-corrected chi connectivity index (χ3v) is 7.22. The van der Waals surface area contributed by atoms with Crippen LogP contribution in [0.25, 0.3) is 11.1 Å². The van der Waals surface area contributed by atoms with E-state index < -0.39 is 5.97 Å². The molecule has 2 aromatic carbocycles. The van der Waals surface area contributed by atoms with Crippen molar-refractivity contribution in [1.29, 1.82) is 5.41 Å². The smallest absolute Gasteiger partial charge is 0.354 e. The molecule has 38 heavy (non-hydrogen) atoms. The first-order chi connectivity index (χ1) is 18.4. The number of morpholine rings is 1. The van der Waals surface area contributed by atoms with Crippen LogP contribution in [0.15, 0.2) is 54.6 Å². The normalized spacial score (nSPS) is 15.7. The van der Waals surface area contributed by atoms with Crippen molar-refractivity contribution >= 4 is 34.6 Å². The summed E-state index contributed by atoms with van der Waals surface area (Å²) in [5.41, 5.74) is 5.54. The van der Waals surface area contributed by atoms with E-state index in [1.165, 1.54) is 12.8 Å². The second-order valence-electron chi connectivity index (χ2n) is 10.2. The molecule has 0 atom stereocenters. The summed E-state index contributed by atoms with van der Waals surface area (Å²) in [6.07, 6.45) is 2.37. The SMILES string of the molecule is CC(C)C(=N)c1c(-c2ccc(N3CCOCC3)cc2)cc(C(=O)O)nc1Nc1cccc(N2CCCC2)c1. The molecule has 0 bridgehead atoms. The van der Waals surface area contributed by atoms with Crippen LogP contribution >= 0.6 is 0 Å². The van der Waals surface area contributed by atoms with Gasteiger partial charge in [0.15, 0.2) is 5.69 Å². The first-order valence-corrected chi connectivity index (χ1v) is 13.3. The first kappa shape index (κ1) is 25.7. The Morgan fingerprint density at radius 2 is 1.66 bits per heavy atom. The van der Waals surface area contributed by atoms with Crippen LogP contribution in [0.2, 0.25) is 0 Å². The molecule has 3 N–H and O–H groups in total. The molecule has 0 amide bonds. The van der Waals surface area contributed by atoms with Gasteiger partial charge >= 0.3 is 5.97 Å². The second kappa shape index (κ2) is 11.2. The Balaban J connectivity index is 1.57. The molecule has 0 spiro atoms. The first-order valence-electron chi connectivity index (χ1n) is 13.3. The zero-order chi connectivity index (χ0) is 26.6. The summed E-state index contributed by atoms with van der Waals surface area (Å²) < 4.78 is 5.48. The molecule has 0 saturated carbocycles. The predicted octanol–water partition coefficient (Wildman–Crippen LogP) is 5.65. The molecule has 3 aromatic rings. The van der Waals surface area contributed by atoms with Crippen LogP contribution in [0.4, 0.5) is 22.9 Å². The summed E-state index contributed by atoms with van der Waals surface area (Å²) in [4.78, 5) is 21.2. The van der Waals surface area contributed by atoms with Gasteiger partial charge in [0, 0.05) is 54.5 Å². The number of ether oxygens (including phenoxy) is 1. The molecule has 2 aliphatic rings. The highest BCUT2D eigenvalue weighted by molar-refractivity contribution is 6.10. The van der Waals surface area contributed by atoms with Crippen LogP contribution in [0.1, 0.15) is 42.7 Å². The van der Waals surface area contributed by atoms with E-state index in [2.05, 4.69) is 44.4 Å². The summed E-state index contributed by atoms with van der Waals surface area (Å²) in [5, 5.41) is 22.3. The minimum atomic E-state index is -1.10. The van der Waals surface area contributed by atoms with Crippen LogP contribution in [-0.4, -0.2) is 61.2 Å². The van der Waals surface area contributed by atoms with Crippen molar-refractivity contribution in [3.63, 3.8) is 0 Å². The quantitative estimate of drug-likeness (QED) is 0.335. The number of hydrogen-bond acceptors (Lipinski definition) is 7. The average Bonchev–Trinajstić information content (AvgIpc) is 3.48. The Kier molecular flexibility index (Phi) is 7.60. The maximum atomic E-state index is 12.1. The molecule has 2 fully saturated rings. The number of benzene rings is 2. The number of anilines is 4. The number of nitrogens with zero attached hydrogens (tertiary/aromatic N) is 3. The molecular formula is C30H35N5O3. The number of aromatic carboxylic acids is 1. The van der Waals surface area contributed by atoms with E-state index in [9.17, 15) is 9.90 Å². The zero-order valence-corrected chi connectivity index (χ0v) is 22.0. The van der Waals surface area contributed by atoms with Crippen LogP contribution in [0.3, 0.4) is 0 Å². The van der Waals surface area contributed by atoms with Gasteiger partial charge in [-0.2, -0.15) is 0 Å². The van der Waals surface area contributed by atoms with Crippen molar-refractivity contribution in [3.8, 4) is 11.1 Å². The van der Waals surface area contributed by atoms with E-state index in [-0.39, 0.29) is 11.6 Å². The van der Waals surface area contributed by atoms with Gasteiger partial charge in [0.05, 0.1) is 13.2 Å². The molecule has 1 aromatic heterocycles.